The van der Waals surface area contributed by atoms with Crippen molar-refractivity contribution in [3.63, 3.8) is 0 Å². The van der Waals surface area contributed by atoms with Gasteiger partial charge >= 0.3 is 0 Å². The Balaban J connectivity index is 1.54. The summed E-state index contributed by atoms with van der Waals surface area (Å²) in [5.74, 6) is 0.0178. The van der Waals surface area contributed by atoms with Crippen molar-refractivity contribution in [1.29, 1.82) is 0 Å². The molecule has 2 heterocycles. The zero-order chi connectivity index (χ0) is 25.2. The van der Waals surface area contributed by atoms with Gasteiger partial charge in [-0.15, -0.1) is 0 Å². The number of rotatable bonds is 6. The van der Waals surface area contributed by atoms with E-state index in [4.69, 9.17) is 9.47 Å². The van der Waals surface area contributed by atoms with Gasteiger partial charge in [0, 0.05) is 19.3 Å². The number of fused-ring (bicyclic) bond motifs is 2. The van der Waals surface area contributed by atoms with Crippen molar-refractivity contribution in [3.8, 4) is 5.75 Å². The maximum Gasteiger partial charge on any atom is 0.262 e. The molecule has 0 unspecified atom stereocenters. The number of hydrogen-bond donors (Lipinski definition) is 2. The molecule has 1 fully saturated rings. The minimum Gasteiger partial charge on any atom is -0.490 e. The minimum atomic E-state index is -3.83. The maximum atomic E-state index is 13.4. The number of sulfonamides is 1. The summed E-state index contributed by atoms with van der Waals surface area (Å²) in [5.41, 5.74) is 1.18. The summed E-state index contributed by atoms with van der Waals surface area (Å²) in [6.45, 7) is 4.38. The van der Waals surface area contributed by atoms with Crippen LogP contribution in [0.25, 0.3) is 0 Å². The molecule has 2 aromatic carbocycles. The van der Waals surface area contributed by atoms with E-state index < -0.39 is 10.0 Å². The van der Waals surface area contributed by atoms with Gasteiger partial charge in [-0.1, -0.05) is 18.2 Å². The highest BCUT2D eigenvalue weighted by atomic mass is 32.2. The molecule has 2 aliphatic heterocycles. The van der Waals surface area contributed by atoms with Gasteiger partial charge < -0.3 is 19.7 Å². The molecule has 188 valence electrons. The number of nitrogens with one attached hydrogen (secondary N) is 2. The van der Waals surface area contributed by atoms with E-state index >= 15 is 0 Å². The van der Waals surface area contributed by atoms with E-state index in [0.29, 0.717) is 30.7 Å². The first-order valence-electron chi connectivity index (χ1n) is 11.7. The average Bonchev–Trinajstić information content (AvgIpc) is 2.82. The summed E-state index contributed by atoms with van der Waals surface area (Å²) in [7, 11) is -2.11. The first-order valence-corrected chi connectivity index (χ1v) is 13.2. The van der Waals surface area contributed by atoms with Crippen molar-refractivity contribution in [2.45, 2.75) is 56.3 Å². The Morgan fingerprint density at radius 1 is 1.17 bits per heavy atom. The van der Waals surface area contributed by atoms with Crippen molar-refractivity contribution in [2.24, 2.45) is 0 Å². The Hall–Kier alpha value is -3.11. The lowest BCUT2D eigenvalue weighted by atomic mass is 9.94. The van der Waals surface area contributed by atoms with E-state index in [1.165, 1.54) is 12.1 Å². The Bertz CT molecular complexity index is 1220. The molecule has 0 radical (unpaired) electrons. The van der Waals surface area contributed by atoms with E-state index in [0.717, 1.165) is 0 Å². The number of anilines is 1. The quantitative estimate of drug-likeness (QED) is 0.629. The van der Waals surface area contributed by atoms with Crippen LogP contribution >= 0.6 is 0 Å². The molecule has 2 aromatic rings. The second-order valence-corrected chi connectivity index (χ2v) is 10.6. The molecule has 35 heavy (non-hydrogen) atoms. The molecule has 10 heteroatoms. The van der Waals surface area contributed by atoms with Crippen molar-refractivity contribution in [1.82, 2.24) is 10.2 Å². The number of carbonyl (C=O) groups excluding carboxylic acids is 2. The SMILES string of the molecule is CCNC(=O)C[C@H]1CC[C@@H]2[C@@H](COc3ccc(NS(=O)(=O)c4ccccc4C)cc3C(=O)N2C)O1. The first-order chi connectivity index (χ1) is 16.7. The third-order valence-corrected chi connectivity index (χ3v) is 7.98. The Labute approximate surface area is 205 Å². The number of amides is 2. The van der Waals surface area contributed by atoms with Crippen LogP contribution in [0, 0.1) is 6.92 Å². The van der Waals surface area contributed by atoms with Gasteiger partial charge in [-0.25, -0.2) is 8.42 Å². The molecule has 0 bridgehead atoms. The standard InChI is InChI=1S/C25H31N3O6S/c1-4-26-24(29)14-18-10-11-20-22(34-18)15-33-21-12-9-17(13-19(21)25(30)28(20)3)27-35(31,32)23-8-6-5-7-16(23)2/h5-9,12-13,18,20,22,27H,4,10-11,14-15H2,1-3H3,(H,26,29)/t18-,20-,22-/m1/s1. The van der Waals surface area contributed by atoms with Gasteiger partial charge in [-0.2, -0.15) is 0 Å². The molecule has 0 saturated carbocycles. The van der Waals surface area contributed by atoms with Crippen LogP contribution in [-0.2, 0) is 19.6 Å². The lowest BCUT2D eigenvalue weighted by molar-refractivity contribution is -0.133. The molecule has 4 rings (SSSR count). The topological polar surface area (TPSA) is 114 Å². The van der Waals surface area contributed by atoms with Crippen LogP contribution in [0.15, 0.2) is 47.4 Å². The Kier molecular flexibility index (Phi) is 7.32. The fraction of sp³-hybridized carbons (Fsp3) is 0.440. The highest BCUT2D eigenvalue weighted by Gasteiger charge is 2.39. The molecule has 2 aliphatic rings. The van der Waals surface area contributed by atoms with E-state index in [-0.39, 0.29) is 59.2 Å². The fourth-order valence-electron chi connectivity index (χ4n) is 4.64. The van der Waals surface area contributed by atoms with Gasteiger partial charge in [0.2, 0.25) is 5.91 Å². The van der Waals surface area contributed by atoms with Crippen LogP contribution in [0.3, 0.4) is 0 Å². The smallest absolute Gasteiger partial charge is 0.262 e. The van der Waals surface area contributed by atoms with Crippen molar-refractivity contribution in [3.05, 3.63) is 53.6 Å². The minimum absolute atomic E-state index is 0.0573. The highest BCUT2D eigenvalue weighted by molar-refractivity contribution is 7.92. The first kappa shape index (κ1) is 25.0. The molecule has 2 amide bonds. The number of nitrogens with zero attached hydrogens (tertiary/aromatic N) is 1. The molecule has 2 N–H and O–H groups in total. The maximum absolute atomic E-state index is 13.4. The monoisotopic (exact) mass is 501 g/mol. The average molecular weight is 502 g/mol. The molecular weight excluding hydrogens is 470 g/mol. The number of ether oxygens (including phenoxy) is 2. The van der Waals surface area contributed by atoms with E-state index in [1.807, 2.05) is 6.92 Å². The molecule has 3 atom stereocenters. The summed E-state index contributed by atoms with van der Waals surface area (Å²) in [5, 5.41) is 2.79. The van der Waals surface area contributed by atoms with Gasteiger partial charge in [0.15, 0.2) is 0 Å². The normalized spacial score (nSPS) is 22.2. The molecule has 0 spiro atoms. The van der Waals surface area contributed by atoms with Gasteiger partial charge in [-0.3, -0.25) is 14.3 Å². The van der Waals surface area contributed by atoms with Crippen molar-refractivity contribution in [2.75, 3.05) is 24.9 Å². The third kappa shape index (κ3) is 5.43. The highest BCUT2D eigenvalue weighted by Crippen LogP contribution is 2.33. The van der Waals surface area contributed by atoms with Crippen LogP contribution in [0.5, 0.6) is 5.75 Å². The summed E-state index contributed by atoms with van der Waals surface area (Å²) in [6, 6.07) is 11.2. The fourth-order valence-corrected chi connectivity index (χ4v) is 5.93. The van der Waals surface area contributed by atoms with Crippen LogP contribution in [0.2, 0.25) is 0 Å². The number of hydrogen-bond acceptors (Lipinski definition) is 6. The number of likely N-dealkylation sites (N-methyl/N-ethyl adjacent to an activating group) is 1. The zero-order valence-corrected chi connectivity index (χ0v) is 20.9. The third-order valence-electron chi connectivity index (χ3n) is 6.43. The number of benzene rings is 2. The molecule has 9 nitrogen and oxygen atoms in total. The van der Waals surface area contributed by atoms with Gasteiger partial charge in [0.05, 0.1) is 29.0 Å². The van der Waals surface area contributed by atoms with Crippen LogP contribution in [-0.4, -0.2) is 63.6 Å². The molecule has 1 saturated heterocycles. The second-order valence-electron chi connectivity index (χ2n) is 8.91. The lowest BCUT2D eigenvalue weighted by Crippen LogP contribution is -2.54. The van der Waals surface area contributed by atoms with E-state index in [1.54, 1.807) is 49.2 Å². The van der Waals surface area contributed by atoms with Crippen LogP contribution in [0.1, 0.15) is 42.1 Å². The largest absolute Gasteiger partial charge is 0.490 e. The molecule has 0 aliphatic carbocycles. The predicted octanol–water partition coefficient (Wildman–Crippen LogP) is 2.70. The van der Waals surface area contributed by atoms with Crippen LogP contribution in [0.4, 0.5) is 5.69 Å². The van der Waals surface area contributed by atoms with Crippen molar-refractivity contribution >= 4 is 27.5 Å². The lowest BCUT2D eigenvalue weighted by Gasteiger charge is -2.42. The Morgan fingerprint density at radius 3 is 2.69 bits per heavy atom. The Morgan fingerprint density at radius 2 is 1.94 bits per heavy atom. The van der Waals surface area contributed by atoms with Gasteiger partial charge in [-0.05, 0) is 56.5 Å². The second kappa shape index (κ2) is 10.2. The summed E-state index contributed by atoms with van der Waals surface area (Å²) >= 11 is 0. The number of aryl methyl sites for hydroxylation is 1. The predicted molar refractivity (Wildman–Crippen MR) is 131 cm³/mol. The zero-order valence-electron chi connectivity index (χ0n) is 20.1. The van der Waals surface area contributed by atoms with E-state index in [2.05, 4.69) is 10.0 Å². The molecular formula is C25H31N3O6S. The molecule has 0 aromatic heterocycles. The van der Waals surface area contributed by atoms with Crippen LogP contribution < -0.4 is 14.8 Å². The van der Waals surface area contributed by atoms with Gasteiger partial charge in [0.25, 0.3) is 15.9 Å². The van der Waals surface area contributed by atoms with Gasteiger partial charge in [0.1, 0.15) is 18.5 Å². The summed E-state index contributed by atoms with van der Waals surface area (Å²) in [6.07, 6.45) is 1.00. The summed E-state index contributed by atoms with van der Waals surface area (Å²) < 4.78 is 40.5. The summed E-state index contributed by atoms with van der Waals surface area (Å²) in [4.78, 5) is 27.2. The van der Waals surface area contributed by atoms with Crippen molar-refractivity contribution < 1.29 is 27.5 Å². The van der Waals surface area contributed by atoms with E-state index in [9.17, 15) is 18.0 Å². The number of carbonyl (C=O) groups is 2.